The Labute approximate surface area is 135 Å². The summed E-state index contributed by atoms with van der Waals surface area (Å²) in [6.45, 7) is 9.27. The Morgan fingerprint density at radius 1 is 1.10 bits per heavy atom. The second-order valence-corrected chi connectivity index (χ2v) is 6.94. The molecule has 1 heterocycles. The van der Waals surface area contributed by atoms with E-state index in [0.717, 1.165) is 0 Å². The highest BCUT2D eigenvalue weighted by Gasteiger charge is 2.52. The number of amides is 1. The molecule has 0 spiro atoms. The molecule has 1 amide bonds. The lowest BCUT2D eigenvalue weighted by atomic mass is 9.77. The molecule has 1 saturated heterocycles. The first-order chi connectivity index (χ1) is 9.53. The van der Waals surface area contributed by atoms with Crippen LogP contribution in [-0.2, 0) is 14.1 Å². The molecule has 1 aromatic carbocycles. The summed E-state index contributed by atoms with van der Waals surface area (Å²) in [7, 11) is -0.619. The van der Waals surface area contributed by atoms with Crippen LogP contribution in [0.3, 0.4) is 0 Å². The van der Waals surface area contributed by atoms with Crippen LogP contribution in [0.1, 0.15) is 34.6 Å². The molecule has 1 fully saturated rings. The van der Waals surface area contributed by atoms with Crippen LogP contribution in [0.5, 0.6) is 0 Å². The highest BCUT2D eigenvalue weighted by Crippen LogP contribution is 2.37. The lowest BCUT2D eigenvalue weighted by molar-refractivity contribution is -0.114. The van der Waals surface area contributed by atoms with E-state index in [1.807, 2.05) is 27.7 Å². The fourth-order valence-corrected chi connectivity index (χ4v) is 2.36. The first-order valence-electron chi connectivity index (χ1n) is 6.66. The normalized spacial score (nSPS) is 19.7. The summed E-state index contributed by atoms with van der Waals surface area (Å²) in [6, 6.07) is 3.27. The van der Waals surface area contributed by atoms with Crippen molar-refractivity contribution < 1.29 is 14.1 Å². The van der Waals surface area contributed by atoms with Crippen LogP contribution < -0.4 is 10.8 Å². The third-order valence-corrected chi connectivity index (χ3v) is 4.63. The topological polar surface area (TPSA) is 47.6 Å². The SMILES string of the molecule is CC(=O)Nc1cc(Cl)c(Cl)cc1B1OC(C)(C)C(C)(C)O1. The average Bonchev–Trinajstić information content (AvgIpc) is 2.52. The number of benzene rings is 1. The molecule has 7 heteroatoms. The number of anilines is 1. The van der Waals surface area contributed by atoms with Crippen LogP contribution in [0.2, 0.25) is 10.0 Å². The Morgan fingerprint density at radius 2 is 1.57 bits per heavy atom. The molecule has 0 radical (unpaired) electrons. The van der Waals surface area contributed by atoms with Crippen molar-refractivity contribution in [1.29, 1.82) is 0 Å². The number of carbonyl (C=O) groups is 1. The zero-order valence-corrected chi connectivity index (χ0v) is 14.2. The number of carbonyl (C=O) groups excluding carboxylic acids is 1. The molecular weight excluding hydrogens is 312 g/mol. The maximum atomic E-state index is 11.4. The van der Waals surface area contributed by atoms with Gasteiger partial charge in [0.25, 0.3) is 0 Å². The minimum atomic E-state index is -0.619. The van der Waals surface area contributed by atoms with Gasteiger partial charge in [0.05, 0.1) is 21.2 Å². The highest BCUT2D eigenvalue weighted by molar-refractivity contribution is 6.64. The minimum Gasteiger partial charge on any atom is -0.399 e. The number of rotatable bonds is 2. The van der Waals surface area contributed by atoms with Gasteiger partial charge in [-0.25, -0.2) is 0 Å². The summed E-state index contributed by atoms with van der Waals surface area (Å²) in [5.41, 5.74) is 0.239. The van der Waals surface area contributed by atoms with Gasteiger partial charge in [0, 0.05) is 18.1 Å². The van der Waals surface area contributed by atoms with Gasteiger partial charge in [-0.05, 0) is 39.8 Å². The highest BCUT2D eigenvalue weighted by atomic mass is 35.5. The molecule has 114 valence electrons. The van der Waals surface area contributed by atoms with Crippen molar-refractivity contribution in [2.75, 3.05) is 5.32 Å². The van der Waals surface area contributed by atoms with Gasteiger partial charge in [-0.1, -0.05) is 23.2 Å². The molecule has 0 atom stereocenters. The molecule has 0 unspecified atom stereocenters. The molecule has 1 aliphatic heterocycles. The van der Waals surface area contributed by atoms with Gasteiger partial charge in [0.1, 0.15) is 0 Å². The van der Waals surface area contributed by atoms with Gasteiger partial charge in [-0.2, -0.15) is 0 Å². The molecule has 0 bridgehead atoms. The summed E-state index contributed by atoms with van der Waals surface area (Å²) in [4.78, 5) is 11.4. The van der Waals surface area contributed by atoms with Crippen molar-refractivity contribution in [1.82, 2.24) is 0 Å². The second-order valence-electron chi connectivity index (χ2n) is 6.12. The Morgan fingerprint density at radius 3 is 2.05 bits per heavy atom. The van der Waals surface area contributed by atoms with Gasteiger partial charge in [0.2, 0.25) is 5.91 Å². The Bertz CT molecular complexity index is 574. The maximum Gasteiger partial charge on any atom is 0.497 e. The monoisotopic (exact) mass is 329 g/mol. The first-order valence-corrected chi connectivity index (χ1v) is 7.41. The van der Waals surface area contributed by atoms with E-state index in [9.17, 15) is 4.79 Å². The minimum absolute atomic E-state index is 0.203. The van der Waals surface area contributed by atoms with Gasteiger partial charge in [-0.15, -0.1) is 0 Å². The Hall–Kier alpha value is -0.745. The van der Waals surface area contributed by atoms with Gasteiger partial charge in [-0.3, -0.25) is 4.79 Å². The standard InChI is InChI=1S/C14H18BCl2NO3/c1-8(19)18-12-7-11(17)10(16)6-9(12)15-20-13(2,3)14(4,5)21-15/h6-7H,1-5H3,(H,18,19). The van der Waals surface area contributed by atoms with Crippen molar-refractivity contribution in [3.05, 3.63) is 22.2 Å². The smallest absolute Gasteiger partial charge is 0.399 e. The molecule has 1 aromatic rings. The van der Waals surface area contributed by atoms with Crippen molar-refractivity contribution in [3.8, 4) is 0 Å². The van der Waals surface area contributed by atoms with Crippen LogP contribution in [0.25, 0.3) is 0 Å². The summed E-state index contributed by atoms with van der Waals surface area (Å²) >= 11 is 12.1. The molecular formula is C14H18BCl2NO3. The van der Waals surface area contributed by atoms with Crippen LogP contribution in [-0.4, -0.2) is 24.2 Å². The van der Waals surface area contributed by atoms with E-state index in [0.29, 0.717) is 21.2 Å². The largest absolute Gasteiger partial charge is 0.497 e. The number of nitrogens with one attached hydrogen (secondary N) is 1. The van der Waals surface area contributed by atoms with Crippen molar-refractivity contribution in [3.63, 3.8) is 0 Å². The summed E-state index contributed by atoms with van der Waals surface area (Å²) < 4.78 is 12.0. The third kappa shape index (κ3) is 3.21. The maximum absolute atomic E-state index is 11.4. The van der Waals surface area contributed by atoms with Crippen LogP contribution in [0.15, 0.2) is 12.1 Å². The van der Waals surface area contributed by atoms with Crippen molar-refractivity contribution >= 4 is 47.4 Å². The van der Waals surface area contributed by atoms with E-state index in [1.165, 1.54) is 6.92 Å². The van der Waals surface area contributed by atoms with E-state index < -0.39 is 18.3 Å². The third-order valence-electron chi connectivity index (χ3n) is 3.91. The van der Waals surface area contributed by atoms with Gasteiger partial charge >= 0.3 is 7.12 Å². The lowest BCUT2D eigenvalue weighted by Gasteiger charge is -2.32. The van der Waals surface area contributed by atoms with Crippen LogP contribution >= 0.6 is 23.2 Å². The predicted molar refractivity (Wildman–Crippen MR) is 86.5 cm³/mol. The number of halogens is 2. The zero-order chi connectivity index (χ0) is 16.0. The van der Waals surface area contributed by atoms with Crippen LogP contribution in [0, 0.1) is 0 Å². The van der Waals surface area contributed by atoms with E-state index in [1.54, 1.807) is 12.1 Å². The van der Waals surface area contributed by atoms with E-state index in [4.69, 9.17) is 32.5 Å². The molecule has 0 aliphatic carbocycles. The Kier molecular flexibility index (Phi) is 4.33. The summed E-state index contributed by atoms with van der Waals surface area (Å²) in [6.07, 6.45) is 0. The fraction of sp³-hybridized carbons (Fsp3) is 0.500. The van der Waals surface area contributed by atoms with Crippen molar-refractivity contribution in [2.24, 2.45) is 0 Å². The number of hydrogen-bond donors (Lipinski definition) is 1. The quantitative estimate of drug-likeness (QED) is 0.847. The molecule has 0 saturated carbocycles. The molecule has 1 aliphatic rings. The van der Waals surface area contributed by atoms with Gasteiger partial charge < -0.3 is 14.6 Å². The predicted octanol–water partition coefficient (Wildman–Crippen LogP) is 3.25. The molecule has 2 rings (SSSR count). The fourth-order valence-electron chi connectivity index (χ4n) is 2.03. The van der Waals surface area contributed by atoms with E-state index in [-0.39, 0.29) is 5.91 Å². The molecule has 21 heavy (non-hydrogen) atoms. The number of hydrogen-bond acceptors (Lipinski definition) is 3. The van der Waals surface area contributed by atoms with E-state index >= 15 is 0 Å². The summed E-state index contributed by atoms with van der Waals surface area (Å²) in [5, 5.41) is 3.48. The molecule has 4 nitrogen and oxygen atoms in total. The van der Waals surface area contributed by atoms with Crippen LogP contribution in [0.4, 0.5) is 5.69 Å². The lowest BCUT2D eigenvalue weighted by Crippen LogP contribution is -2.41. The van der Waals surface area contributed by atoms with Gasteiger partial charge in [0.15, 0.2) is 0 Å². The Balaban J connectivity index is 2.44. The van der Waals surface area contributed by atoms with E-state index in [2.05, 4.69) is 5.32 Å². The zero-order valence-electron chi connectivity index (χ0n) is 12.7. The summed E-state index contributed by atoms with van der Waals surface area (Å²) in [5.74, 6) is -0.203. The first kappa shape index (κ1) is 16.6. The second kappa shape index (κ2) is 5.47. The molecule has 0 aromatic heterocycles. The van der Waals surface area contributed by atoms with Crippen molar-refractivity contribution in [2.45, 2.75) is 45.8 Å². The average molecular weight is 330 g/mol. The molecule has 1 N–H and O–H groups in total.